The number of hydrogen-bond acceptors (Lipinski definition) is 2. The molecule has 20 heavy (non-hydrogen) atoms. The minimum Gasteiger partial charge on any atom is -0.396 e. The number of unbranched alkanes of at least 4 members (excludes halogenated alkanes) is 1. The lowest BCUT2D eigenvalue weighted by Crippen LogP contribution is -2.36. The van der Waals surface area contributed by atoms with Crippen molar-refractivity contribution in [3.63, 3.8) is 0 Å². The second-order valence-electron chi connectivity index (χ2n) is 5.87. The third-order valence-electron chi connectivity index (χ3n) is 4.27. The van der Waals surface area contributed by atoms with E-state index in [-0.39, 0.29) is 5.82 Å². The van der Waals surface area contributed by atoms with E-state index in [1.165, 1.54) is 19.4 Å². The Morgan fingerprint density at radius 2 is 2.10 bits per heavy atom. The van der Waals surface area contributed by atoms with Gasteiger partial charge in [0.25, 0.3) is 0 Å². The van der Waals surface area contributed by atoms with Crippen LogP contribution in [0.4, 0.5) is 4.39 Å². The molecule has 0 radical (unpaired) electrons. The molecular formula is C17H26FNO. The Bertz CT molecular complexity index is 396. The number of likely N-dealkylation sites (tertiary alicyclic amines) is 1. The number of piperidine rings is 1. The first-order valence-corrected chi connectivity index (χ1v) is 7.86. The fourth-order valence-electron chi connectivity index (χ4n) is 3.10. The van der Waals surface area contributed by atoms with Gasteiger partial charge in [0.2, 0.25) is 0 Å². The molecule has 1 unspecified atom stereocenters. The summed E-state index contributed by atoms with van der Waals surface area (Å²) in [6, 6.07) is 7.12. The molecular weight excluding hydrogens is 253 g/mol. The van der Waals surface area contributed by atoms with Crippen LogP contribution in [0, 0.1) is 11.7 Å². The van der Waals surface area contributed by atoms with Crippen LogP contribution >= 0.6 is 0 Å². The van der Waals surface area contributed by atoms with Crippen molar-refractivity contribution in [2.24, 2.45) is 5.92 Å². The summed E-state index contributed by atoms with van der Waals surface area (Å²) >= 11 is 0. The number of aliphatic hydroxyl groups is 1. The summed E-state index contributed by atoms with van der Waals surface area (Å²) in [6.07, 6.45) is 6.43. The first-order valence-electron chi connectivity index (χ1n) is 7.86. The van der Waals surface area contributed by atoms with E-state index in [4.69, 9.17) is 5.11 Å². The molecule has 1 N–H and O–H groups in total. The number of aliphatic hydroxyl groups excluding tert-OH is 1. The van der Waals surface area contributed by atoms with Crippen LogP contribution in [0.5, 0.6) is 0 Å². The number of aryl methyl sites for hydroxylation is 1. The van der Waals surface area contributed by atoms with Gasteiger partial charge in [0.1, 0.15) is 5.82 Å². The van der Waals surface area contributed by atoms with Crippen LogP contribution in [0.3, 0.4) is 0 Å². The lowest BCUT2D eigenvalue weighted by atomic mass is 9.91. The molecule has 0 spiro atoms. The molecule has 2 rings (SSSR count). The third-order valence-corrected chi connectivity index (χ3v) is 4.27. The summed E-state index contributed by atoms with van der Waals surface area (Å²) in [7, 11) is 0. The van der Waals surface area contributed by atoms with E-state index in [1.54, 1.807) is 12.1 Å². The minimum atomic E-state index is -0.0666. The van der Waals surface area contributed by atoms with E-state index in [2.05, 4.69) is 4.90 Å². The third kappa shape index (κ3) is 4.88. The van der Waals surface area contributed by atoms with Crippen molar-refractivity contribution in [1.29, 1.82) is 0 Å². The zero-order chi connectivity index (χ0) is 14.2. The van der Waals surface area contributed by atoms with Crippen LogP contribution < -0.4 is 0 Å². The first-order chi connectivity index (χ1) is 9.79. The van der Waals surface area contributed by atoms with Crippen LogP contribution in [0.25, 0.3) is 0 Å². The molecule has 3 heteroatoms. The van der Waals surface area contributed by atoms with Gasteiger partial charge >= 0.3 is 0 Å². The molecule has 0 aliphatic carbocycles. The van der Waals surface area contributed by atoms with Crippen molar-refractivity contribution in [2.75, 3.05) is 26.2 Å². The summed E-state index contributed by atoms with van der Waals surface area (Å²) in [6.45, 7) is 3.71. The molecule has 1 saturated heterocycles. The van der Waals surface area contributed by atoms with Crippen LogP contribution in [0.2, 0.25) is 0 Å². The van der Waals surface area contributed by atoms with Gasteiger partial charge in [0.05, 0.1) is 0 Å². The molecule has 1 aliphatic rings. The highest BCUT2D eigenvalue weighted by atomic mass is 19.1. The maximum atomic E-state index is 13.6. The van der Waals surface area contributed by atoms with Crippen molar-refractivity contribution in [2.45, 2.75) is 38.5 Å². The highest BCUT2D eigenvalue weighted by molar-refractivity contribution is 5.17. The van der Waals surface area contributed by atoms with Gasteiger partial charge in [0.15, 0.2) is 0 Å². The van der Waals surface area contributed by atoms with Crippen LogP contribution in [0.15, 0.2) is 24.3 Å². The number of nitrogens with zero attached hydrogens (tertiary/aromatic N) is 1. The van der Waals surface area contributed by atoms with Gasteiger partial charge in [-0.3, -0.25) is 0 Å². The van der Waals surface area contributed by atoms with E-state index in [0.29, 0.717) is 12.5 Å². The van der Waals surface area contributed by atoms with E-state index in [0.717, 1.165) is 44.3 Å². The fourth-order valence-corrected chi connectivity index (χ4v) is 3.10. The largest absolute Gasteiger partial charge is 0.396 e. The summed E-state index contributed by atoms with van der Waals surface area (Å²) in [5.74, 6) is 0.626. The number of benzene rings is 1. The molecule has 1 aromatic rings. The summed E-state index contributed by atoms with van der Waals surface area (Å²) in [5, 5.41) is 8.83. The second kappa shape index (κ2) is 8.38. The lowest BCUT2D eigenvalue weighted by Gasteiger charge is -2.32. The van der Waals surface area contributed by atoms with E-state index >= 15 is 0 Å². The summed E-state index contributed by atoms with van der Waals surface area (Å²) < 4.78 is 13.6. The molecule has 1 aliphatic heterocycles. The molecule has 1 aromatic carbocycles. The Morgan fingerprint density at radius 1 is 1.25 bits per heavy atom. The molecule has 1 fully saturated rings. The van der Waals surface area contributed by atoms with E-state index in [9.17, 15) is 4.39 Å². The normalized spacial score (nSPS) is 20.2. The molecule has 0 bridgehead atoms. The predicted octanol–water partition coefficient (Wildman–Crippen LogP) is 3.24. The van der Waals surface area contributed by atoms with Gasteiger partial charge in [-0.05, 0) is 69.2 Å². The molecule has 1 heterocycles. The Balaban J connectivity index is 1.74. The average molecular weight is 279 g/mol. The Kier molecular flexibility index (Phi) is 6.48. The number of hydrogen-bond donors (Lipinski definition) is 1. The monoisotopic (exact) mass is 279 g/mol. The van der Waals surface area contributed by atoms with E-state index < -0.39 is 0 Å². The van der Waals surface area contributed by atoms with Crippen molar-refractivity contribution >= 4 is 0 Å². The topological polar surface area (TPSA) is 23.5 Å². The molecule has 112 valence electrons. The molecule has 2 nitrogen and oxygen atoms in total. The molecule has 0 amide bonds. The maximum Gasteiger partial charge on any atom is 0.126 e. The van der Waals surface area contributed by atoms with Gasteiger partial charge in [-0.15, -0.1) is 0 Å². The zero-order valence-corrected chi connectivity index (χ0v) is 12.2. The average Bonchev–Trinajstić information content (AvgIpc) is 2.47. The molecule has 0 saturated carbocycles. The van der Waals surface area contributed by atoms with Crippen LogP contribution in [-0.2, 0) is 6.42 Å². The quantitative estimate of drug-likeness (QED) is 0.775. The van der Waals surface area contributed by atoms with Gasteiger partial charge < -0.3 is 10.0 Å². The van der Waals surface area contributed by atoms with Crippen molar-refractivity contribution < 1.29 is 9.50 Å². The standard InChI is InChI=1S/C17H26FNO/c18-17-8-2-1-7-16(17)10-9-15-6-5-12-19(14-15)11-3-4-13-20/h1-2,7-8,15,20H,3-6,9-14H2. The van der Waals surface area contributed by atoms with Gasteiger partial charge in [-0.25, -0.2) is 4.39 Å². The Hall–Kier alpha value is -0.930. The highest BCUT2D eigenvalue weighted by Gasteiger charge is 2.19. The van der Waals surface area contributed by atoms with Gasteiger partial charge in [-0.1, -0.05) is 18.2 Å². The highest BCUT2D eigenvalue weighted by Crippen LogP contribution is 2.22. The van der Waals surface area contributed by atoms with Crippen molar-refractivity contribution in [3.8, 4) is 0 Å². The van der Waals surface area contributed by atoms with E-state index in [1.807, 2.05) is 12.1 Å². The molecule has 0 aromatic heterocycles. The Labute approximate surface area is 121 Å². The SMILES string of the molecule is OCCCCN1CCCC(CCc2ccccc2F)C1. The smallest absolute Gasteiger partial charge is 0.126 e. The lowest BCUT2D eigenvalue weighted by molar-refractivity contribution is 0.161. The van der Waals surface area contributed by atoms with Crippen LogP contribution in [0.1, 0.15) is 37.7 Å². The van der Waals surface area contributed by atoms with Crippen LogP contribution in [-0.4, -0.2) is 36.2 Å². The summed E-state index contributed by atoms with van der Waals surface area (Å²) in [5.41, 5.74) is 0.852. The maximum absolute atomic E-state index is 13.6. The predicted molar refractivity (Wildman–Crippen MR) is 80.2 cm³/mol. The summed E-state index contributed by atoms with van der Waals surface area (Å²) in [4.78, 5) is 2.51. The first kappa shape index (κ1) is 15.5. The number of halogens is 1. The Morgan fingerprint density at radius 3 is 2.90 bits per heavy atom. The molecule has 1 atom stereocenters. The van der Waals surface area contributed by atoms with Crippen molar-refractivity contribution in [3.05, 3.63) is 35.6 Å². The minimum absolute atomic E-state index is 0.0666. The fraction of sp³-hybridized carbons (Fsp3) is 0.647. The van der Waals surface area contributed by atoms with Gasteiger partial charge in [0, 0.05) is 13.2 Å². The zero-order valence-electron chi connectivity index (χ0n) is 12.2. The second-order valence-corrected chi connectivity index (χ2v) is 5.87. The number of rotatable bonds is 7. The van der Waals surface area contributed by atoms with Crippen molar-refractivity contribution in [1.82, 2.24) is 4.90 Å². The van der Waals surface area contributed by atoms with Gasteiger partial charge in [-0.2, -0.15) is 0 Å².